The zero-order valence-corrected chi connectivity index (χ0v) is 26.7. The second-order valence-electron chi connectivity index (χ2n) is 9.48. The largest absolute Gasteiger partial charge is 0.388 e. The number of anilines is 2. The Morgan fingerprint density at radius 2 is 1.51 bits per heavy atom. The van der Waals surface area contributed by atoms with E-state index in [9.17, 15) is 19.2 Å². The number of aromatic nitrogens is 4. The zero-order chi connectivity index (χ0) is 32.4. The van der Waals surface area contributed by atoms with E-state index in [2.05, 4.69) is 26.2 Å². The van der Waals surface area contributed by atoms with Gasteiger partial charge in [-0.2, -0.15) is 0 Å². The molecule has 4 amide bonds. The lowest BCUT2D eigenvalue weighted by molar-refractivity contribution is -0.128. The first-order valence-corrected chi connectivity index (χ1v) is 14.0. The fourth-order valence-corrected chi connectivity index (χ4v) is 4.24. The first-order chi connectivity index (χ1) is 20.3. The number of urea groups is 1. The molecule has 0 aliphatic rings. The average Bonchev–Trinajstić information content (AvgIpc) is 3.39. The summed E-state index contributed by atoms with van der Waals surface area (Å²) in [5, 5.41) is 25.9. The van der Waals surface area contributed by atoms with Crippen LogP contribution in [0.15, 0.2) is 24.3 Å². The number of amides is 4. The number of likely N-dealkylation sites (N-methyl/N-ethyl adjacent to an activating group) is 1. The van der Waals surface area contributed by atoms with Gasteiger partial charge in [-0.25, -0.2) is 9.48 Å². The van der Waals surface area contributed by atoms with E-state index in [1.54, 1.807) is 64.2 Å². The number of rotatable bonds is 9. The van der Waals surface area contributed by atoms with Crippen LogP contribution in [0.3, 0.4) is 0 Å². The average molecular weight is 636 g/mol. The van der Waals surface area contributed by atoms with Crippen LogP contribution in [-0.4, -0.2) is 92.5 Å². The van der Waals surface area contributed by atoms with Crippen LogP contribution >= 0.6 is 23.2 Å². The Morgan fingerprint density at radius 3 is 2.07 bits per heavy atom. The van der Waals surface area contributed by atoms with Crippen LogP contribution in [0.1, 0.15) is 51.3 Å². The number of nitrogens with one attached hydrogen (secondary N) is 2. The third-order valence-electron chi connectivity index (χ3n) is 6.77. The number of Topliss-reactive ketones (excluding diaryl/α,β-unsaturated/α-hetero) is 1. The number of aliphatic hydroxyl groups excluding tert-OH is 1. The molecule has 3 N–H and O–H groups in total. The van der Waals surface area contributed by atoms with Gasteiger partial charge in [0, 0.05) is 50.4 Å². The van der Waals surface area contributed by atoms with Crippen molar-refractivity contribution in [3.8, 4) is 0 Å². The minimum atomic E-state index is -0.551. The van der Waals surface area contributed by atoms with E-state index < -0.39 is 12.5 Å². The lowest BCUT2D eigenvalue weighted by Crippen LogP contribution is -2.31. The minimum Gasteiger partial charge on any atom is -0.388 e. The predicted octanol–water partition coefficient (Wildman–Crippen LogP) is 3.75. The third kappa shape index (κ3) is 8.96. The number of halogens is 2. The molecule has 0 atom stereocenters. The number of benzene rings is 2. The summed E-state index contributed by atoms with van der Waals surface area (Å²) < 4.78 is 1.34. The van der Waals surface area contributed by atoms with Crippen molar-refractivity contribution in [1.82, 2.24) is 30.0 Å². The van der Waals surface area contributed by atoms with Gasteiger partial charge in [0.2, 0.25) is 11.9 Å². The van der Waals surface area contributed by atoms with Crippen LogP contribution in [0.2, 0.25) is 10.0 Å². The number of hydrogen-bond donors (Lipinski definition) is 3. The Hall–Kier alpha value is -4.07. The predicted molar refractivity (Wildman–Crippen MR) is 165 cm³/mol. The SMILES string of the molecule is CCN(C)C(=O)Cc1c(Cl)ccc(C(=O)CO)c1C.CCN(C)C(=O)Nc1c(Cl)ccc(C(=O)Nc2nnnn2C)c1C. The van der Waals surface area contributed by atoms with Crippen LogP contribution < -0.4 is 10.6 Å². The highest BCUT2D eigenvalue weighted by Crippen LogP contribution is 2.29. The maximum absolute atomic E-state index is 12.4. The smallest absolute Gasteiger partial charge is 0.321 e. The van der Waals surface area contributed by atoms with Crippen molar-refractivity contribution < 1.29 is 24.3 Å². The van der Waals surface area contributed by atoms with E-state index in [1.165, 1.54) is 9.58 Å². The first kappa shape index (κ1) is 35.1. The lowest BCUT2D eigenvalue weighted by Gasteiger charge is -2.18. The molecule has 1 aromatic heterocycles. The summed E-state index contributed by atoms with van der Waals surface area (Å²) in [6.45, 7) is 7.79. The molecular formula is C28H36Cl2N8O5. The highest BCUT2D eigenvalue weighted by Gasteiger charge is 2.20. The number of hydrogen-bond acceptors (Lipinski definition) is 8. The van der Waals surface area contributed by atoms with E-state index in [4.69, 9.17) is 28.3 Å². The topological polar surface area (TPSA) is 163 Å². The van der Waals surface area contributed by atoms with Crippen molar-refractivity contribution >= 4 is 58.5 Å². The summed E-state index contributed by atoms with van der Waals surface area (Å²) in [6, 6.07) is 5.99. The molecule has 0 bridgehead atoms. The molecular weight excluding hydrogens is 599 g/mol. The maximum Gasteiger partial charge on any atom is 0.321 e. The second-order valence-corrected chi connectivity index (χ2v) is 10.3. The molecule has 0 radical (unpaired) electrons. The van der Waals surface area contributed by atoms with Crippen LogP contribution in [0.25, 0.3) is 0 Å². The van der Waals surface area contributed by atoms with E-state index in [0.717, 1.165) is 0 Å². The van der Waals surface area contributed by atoms with Crippen molar-refractivity contribution in [3.63, 3.8) is 0 Å². The van der Waals surface area contributed by atoms with Gasteiger partial charge in [-0.1, -0.05) is 28.3 Å². The standard InChI is InChI=1S/C14H18ClN7O2.C14H18ClNO3/c1-5-21(3)14(24)16-11-8(2)9(6-7-10(11)15)12(23)17-13-18-19-20-22(13)4;1-4-16(3)14(19)7-11-9(2)10(13(18)8-17)5-6-12(11)15/h6-7H,5H2,1-4H3,(H,16,24)(H,17,18,20,23);5-6,17H,4,7-8H2,1-3H3. The van der Waals surface area contributed by atoms with Gasteiger partial charge in [0.05, 0.1) is 17.1 Å². The molecule has 43 heavy (non-hydrogen) atoms. The van der Waals surface area contributed by atoms with Crippen molar-refractivity contribution in [2.45, 2.75) is 34.1 Å². The number of carbonyl (C=O) groups is 4. The Balaban J connectivity index is 0.000000309. The van der Waals surface area contributed by atoms with Crippen molar-refractivity contribution in [2.75, 3.05) is 44.4 Å². The summed E-state index contributed by atoms with van der Waals surface area (Å²) in [5.74, 6) is -0.611. The Bertz CT molecular complexity index is 1490. The third-order valence-corrected chi connectivity index (χ3v) is 7.44. The summed E-state index contributed by atoms with van der Waals surface area (Å²) in [5.41, 5.74) is 3.01. The summed E-state index contributed by atoms with van der Waals surface area (Å²) in [7, 11) is 4.99. The van der Waals surface area contributed by atoms with Crippen LogP contribution in [0, 0.1) is 13.8 Å². The van der Waals surface area contributed by atoms with E-state index in [-0.39, 0.29) is 30.1 Å². The molecule has 0 unspecified atom stereocenters. The monoisotopic (exact) mass is 634 g/mol. The lowest BCUT2D eigenvalue weighted by atomic mass is 9.97. The van der Waals surface area contributed by atoms with Crippen LogP contribution in [0.4, 0.5) is 16.4 Å². The number of carbonyl (C=O) groups excluding carboxylic acids is 4. The molecule has 0 saturated heterocycles. The van der Waals surface area contributed by atoms with Gasteiger partial charge in [-0.05, 0) is 79.1 Å². The minimum absolute atomic E-state index is 0.0545. The van der Waals surface area contributed by atoms with Crippen LogP contribution in [-0.2, 0) is 18.3 Å². The highest BCUT2D eigenvalue weighted by molar-refractivity contribution is 6.34. The fraction of sp³-hybridized carbons (Fsp3) is 0.393. The van der Waals surface area contributed by atoms with Crippen molar-refractivity contribution in [3.05, 3.63) is 62.1 Å². The van der Waals surface area contributed by atoms with Gasteiger partial charge < -0.3 is 20.2 Å². The number of ketones is 1. The fourth-order valence-electron chi connectivity index (χ4n) is 3.72. The number of aliphatic hydroxyl groups is 1. The van der Waals surface area contributed by atoms with Gasteiger partial charge >= 0.3 is 6.03 Å². The summed E-state index contributed by atoms with van der Waals surface area (Å²) >= 11 is 12.3. The zero-order valence-electron chi connectivity index (χ0n) is 25.2. The van der Waals surface area contributed by atoms with E-state index >= 15 is 0 Å². The Morgan fingerprint density at radius 1 is 0.907 bits per heavy atom. The summed E-state index contributed by atoms with van der Waals surface area (Å²) in [4.78, 5) is 51.1. The quantitative estimate of drug-likeness (QED) is 0.300. The van der Waals surface area contributed by atoms with Gasteiger partial charge in [0.1, 0.15) is 6.61 Å². The highest BCUT2D eigenvalue weighted by atomic mass is 35.5. The summed E-state index contributed by atoms with van der Waals surface area (Å²) in [6.07, 6.45) is 0.154. The van der Waals surface area contributed by atoms with Crippen LogP contribution in [0.5, 0.6) is 0 Å². The molecule has 13 nitrogen and oxygen atoms in total. The number of nitrogens with zero attached hydrogens (tertiary/aromatic N) is 6. The molecule has 1 heterocycles. The molecule has 0 aliphatic carbocycles. The van der Waals surface area contributed by atoms with Gasteiger partial charge in [-0.3, -0.25) is 19.7 Å². The molecule has 15 heteroatoms. The van der Waals surface area contributed by atoms with Gasteiger partial charge in [-0.15, -0.1) is 0 Å². The molecule has 0 aliphatic heterocycles. The second kappa shape index (κ2) is 16.0. The Labute approximate surface area is 260 Å². The normalized spacial score (nSPS) is 10.4. The maximum atomic E-state index is 12.4. The Kier molecular flexibility index (Phi) is 13.0. The van der Waals surface area contributed by atoms with Crippen molar-refractivity contribution in [1.29, 1.82) is 0 Å². The van der Waals surface area contributed by atoms with Gasteiger partial charge in [0.15, 0.2) is 5.78 Å². The molecule has 0 fully saturated rings. The van der Waals surface area contributed by atoms with E-state index in [1.807, 2.05) is 13.8 Å². The molecule has 0 spiro atoms. The van der Waals surface area contributed by atoms with Gasteiger partial charge in [0.25, 0.3) is 5.91 Å². The molecule has 0 saturated carbocycles. The number of aryl methyl sites for hydroxylation is 1. The van der Waals surface area contributed by atoms with Crippen molar-refractivity contribution in [2.24, 2.45) is 7.05 Å². The first-order valence-electron chi connectivity index (χ1n) is 13.3. The molecule has 3 aromatic rings. The molecule has 3 rings (SSSR count). The molecule has 2 aromatic carbocycles. The molecule has 232 valence electrons. The number of tetrazole rings is 1. The van der Waals surface area contributed by atoms with E-state index in [0.29, 0.717) is 56.6 Å².